The highest BCUT2D eigenvalue weighted by atomic mass is 35.5. The van der Waals surface area contributed by atoms with Crippen molar-refractivity contribution in [2.75, 3.05) is 0 Å². The van der Waals surface area contributed by atoms with E-state index in [9.17, 15) is 18.0 Å². The van der Waals surface area contributed by atoms with Crippen LogP contribution in [0.1, 0.15) is 21.6 Å². The Balaban J connectivity index is 2.55. The number of rotatable bonds is 2. The molecule has 0 N–H and O–H groups in total. The summed E-state index contributed by atoms with van der Waals surface area (Å²) in [4.78, 5) is 15.9. The van der Waals surface area contributed by atoms with Crippen molar-refractivity contribution in [2.24, 2.45) is 0 Å². The summed E-state index contributed by atoms with van der Waals surface area (Å²) in [5.41, 5.74) is -1.80. The lowest BCUT2D eigenvalue weighted by molar-refractivity contribution is -0.137. The van der Waals surface area contributed by atoms with Gasteiger partial charge in [-0.15, -0.1) is 0 Å². The maximum absolute atomic E-state index is 12.9. The van der Waals surface area contributed by atoms with Crippen molar-refractivity contribution >= 4 is 29.0 Å². The third kappa shape index (κ3) is 2.94. The van der Waals surface area contributed by atoms with Crippen LogP contribution >= 0.6 is 23.2 Å². The van der Waals surface area contributed by atoms with Crippen molar-refractivity contribution < 1.29 is 18.0 Å². The van der Waals surface area contributed by atoms with Gasteiger partial charge in [-0.25, -0.2) is 4.98 Å². The smallest absolute Gasteiger partial charge is 0.287 e. The molecule has 0 radical (unpaired) electrons. The van der Waals surface area contributed by atoms with E-state index in [1.807, 2.05) is 0 Å². The van der Waals surface area contributed by atoms with Gasteiger partial charge in [0.05, 0.1) is 15.6 Å². The van der Waals surface area contributed by atoms with Crippen LogP contribution in [0.15, 0.2) is 36.5 Å². The number of pyridine rings is 1. The molecule has 0 atom stereocenters. The number of hydrogen-bond acceptors (Lipinski definition) is 2. The van der Waals surface area contributed by atoms with Gasteiger partial charge < -0.3 is 0 Å². The third-order valence-corrected chi connectivity index (χ3v) is 2.99. The molecule has 0 bridgehead atoms. The van der Waals surface area contributed by atoms with Crippen molar-refractivity contribution in [2.45, 2.75) is 6.18 Å². The van der Waals surface area contributed by atoms with Crippen LogP contribution in [0.4, 0.5) is 13.2 Å². The van der Waals surface area contributed by atoms with E-state index in [1.54, 1.807) is 0 Å². The van der Waals surface area contributed by atoms with Crippen LogP contribution in [0.3, 0.4) is 0 Å². The Bertz CT molecular complexity index is 671. The lowest BCUT2D eigenvalue weighted by Crippen LogP contribution is -2.14. The number of aromatic nitrogens is 1. The van der Waals surface area contributed by atoms with Crippen molar-refractivity contribution in [1.29, 1.82) is 0 Å². The SMILES string of the molecule is O=C(c1ccccc1C(F)(F)F)c1ncc(Cl)cc1Cl. The Morgan fingerprint density at radius 1 is 1.15 bits per heavy atom. The van der Waals surface area contributed by atoms with Gasteiger partial charge >= 0.3 is 6.18 Å². The van der Waals surface area contributed by atoms with E-state index in [0.29, 0.717) is 0 Å². The molecule has 1 aromatic heterocycles. The first-order valence-corrected chi connectivity index (χ1v) is 6.08. The Morgan fingerprint density at radius 3 is 2.40 bits per heavy atom. The van der Waals surface area contributed by atoms with Crippen LogP contribution in [0, 0.1) is 0 Å². The first kappa shape index (κ1) is 14.8. The lowest BCUT2D eigenvalue weighted by atomic mass is 10.0. The van der Waals surface area contributed by atoms with Crippen molar-refractivity contribution in [1.82, 2.24) is 4.98 Å². The third-order valence-electron chi connectivity index (χ3n) is 2.50. The van der Waals surface area contributed by atoms with Crippen LogP contribution < -0.4 is 0 Å². The van der Waals surface area contributed by atoms with Gasteiger partial charge in [0.1, 0.15) is 5.69 Å². The topological polar surface area (TPSA) is 30.0 Å². The fourth-order valence-corrected chi connectivity index (χ4v) is 2.10. The van der Waals surface area contributed by atoms with E-state index in [4.69, 9.17) is 23.2 Å². The van der Waals surface area contributed by atoms with E-state index >= 15 is 0 Å². The highest BCUT2D eigenvalue weighted by Crippen LogP contribution is 2.33. The normalized spacial score (nSPS) is 11.4. The second kappa shape index (κ2) is 5.42. The standard InChI is InChI=1S/C13H6Cl2F3NO/c14-7-5-10(15)11(19-6-7)12(20)8-3-1-2-4-9(8)13(16,17)18/h1-6H. The molecular formula is C13H6Cl2F3NO. The van der Waals surface area contributed by atoms with Crippen LogP contribution in [0.2, 0.25) is 10.0 Å². The monoisotopic (exact) mass is 319 g/mol. The minimum atomic E-state index is -4.63. The number of alkyl halides is 3. The zero-order valence-electron chi connectivity index (χ0n) is 9.71. The zero-order chi connectivity index (χ0) is 14.9. The molecule has 0 fully saturated rings. The van der Waals surface area contributed by atoms with E-state index < -0.39 is 23.1 Å². The number of ketones is 1. The molecule has 1 heterocycles. The molecule has 0 aliphatic heterocycles. The highest BCUT2D eigenvalue weighted by molar-refractivity contribution is 6.37. The summed E-state index contributed by atoms with van der Waals surface area (Å²) < 4.78 is 38.6. The number of carbonyl (C=O) groups is 1. The van der Waals surface area contributed by atoms with E-state index in [0.717, 1.165) is 18.3 Å². The molecule has 20 heavy (non-hydrogen) atoms. The highest BCUT2D eigenvalue weighted by Gasteiger charge is 2.35. The zero-order valence-corrected chi connectivity index (χ0v) is 11.2. The molecule has 0 aliphatic carbocycles. The van der Waals surface area contributed by atoms with Crippen molar-refractivity contribution in [3.8, 4) is 0 Å². The van der Waals surface area contributed by atoms with Gasteiger partial charge in [0, 0.05) is 11.8 Å². The fourth-order valence-electron chi connectivity index (χ4n) is 1.64. The van der Waals surface area contributed by atoms with Gasteiger partial charge in [0.25, 0.3) is 0 Å². The maximum atomic E-state index is 12.9. The van der Waals surface area contributed by atoms with Crippen LogP contribution in [-0.4, -0.2) is 10.8 Å². The second-order valence-electron chi connectivity index (χ2n) is 3.86. The van der Waals surface area contributed by atoms with Crippen molar-refractivity contribution in [3.05, 3.63) is 63.4 Å². The van der Waals surface area contributed by atoms with Crippen molar-refractivity contribution in [3.63, 3.8) is 0 Å². The first-order chi connectivity index (χ1) is 9.30. The summed E-state index contributed by atoms with van der Waals surface area (Å²) in [7, 11) is 0. The van der Waals surface area contributed by atoms with E-state index in [1.165, 1.54) is 18.2 Å². The Morgan fingerprint density at radius 2 is 1.80 bits per heavy atom. The molecule has 0 saturated heterocycles. The number of nitrogens with zero attached hydrogens (tertiary/aromatic N) is 1. The molecule has 2 rings (SSSR count). The summed E-state index contributed by atoms with van der Waals surface area (Å²) in [5.74, 6) is -0.903. The van der Waals surface area contributed by atoms with Gasteiger partial charge in [-0.1, -0.05) is 41.4 Å². The average molecular weight is 320 g/mol. The molecule has 7 heteroatoms. The predicted octanol–water partition coefficient (Wildman–Crippen LogP) is 4.64. The summed E-state index contributed by atoms with van der Waals surface area (Å²) in [6.45, 7) is 0. The molecule has 0 amide bonds. The maximum Gasteiger partial charge on any atom is 0.417 e. The second-order valence-corrected chi connectivity index (χ2v) is 4.70. The van der Waals surface area contributed by atoms with Gasteiger partial charge in [0.15, 0.2) is 0 Å². The molecule has 0 unspecified atom stereocenters. The van der Waals surface area contributed by atoms with Gasteiger partial charge in [-0.05, 0) is 12.1 Å². The molecule has 2 aromatic rings. The Labute approximate surface area is 122 Å². The van der Waals surface area contributed by atoms with E-state index in [-0.39, 0.29) is 15.7 Å². The Hall–Kier alpha value is -1.59. The molecule has 0 saturated carbocycles. The minimum absolute atomic E-state index is 0.0977. The quantitative estimate of drug-likeness (QED) is 0.755. The molecule has 2 nitrogen and oxygen atoms in total. The summed E-state index contributed by atoms with van der Waals surface area (Å²) in [5, 5.41) is 0.0927. The van der Waals surface area contributed by atoms with Gasteiger partial charge in [0.2, 0.25) is 5.78 Å². The lowest BCUT2D eigenvalue weighted by Gasteiger charge is -2.11. The minimum Gasteiger partial charge on any atom is -0.287 e. The summed E-state index contributed by atoms with van der Waals surface area (Å²) >= 11 is 11.4. The fraction of sp³-hybridized carbons (Fsp3) is 0.0769. The molecular weight excluding hydrogens is 314 g/mol. The number of carbonyl (C=O) groups excluding carboxylic acids is 1. The predicted molar refractivity (Wildman–Crippen MR) is 69.1 cm³/mol. The summed E-state index contributed by atoms with van der Waals surface area (Å²) in [6.07, 6.45) is -3.48. The molecule has 0 aliphatic rings. The van der Waals surface area contributed by atoms with Gasteiger partial charge in [-0.2, -0.15) is 13.2 Å². The van der Waals surface area contributed by atoms with Gasteiger partial charge in [-0.3, -0.25) is 4.79 Å². The van der Waals surface area contributed by atoms with Crippen LogP contribution in [0.5, 0.6) is 0 Å². The number of hydrogen-bond donors (Lipinski definition) is 0. The average Bonchev–Trinajstić information content (AvgIpc) is 2.37. The Kier molecular flexibility index (Phi) is 4.01. The molecule has 1 aromatic carbocycles. The molecule has 0 spiro atoms. The van der Waals surface area contributed by atoms with Crippen LogP contribution in [-0.2, 0) is 6.18 Å². The summed E-state index contributed by atoms with van der Waals surface area (Å²) in [6, 6.07) is 5.71. The number of benzene rings is 1. The first-order valence-electron chi connectivity index (χ1n) is 5.32. The largest absolute Gasteiger partial charge is 0.417 e. The molecule has 104 valence electrons. The van der Waals surface area contributed by atoms with Crippen LogP contribution in [0.25, 0.3) is 0 Å². The number of halogens is 5. The van der Waals surface area contributed by atoms with E-state index in [2.05, 4.69) is 4.98 Å².